The predicted molar refractivity (Wildman–Crippen MR) is 139 cm³/mol. The summed E-state index contributed by atoms with van der Waals surface area (Å²) >= 11 is 0. The second kappa shape index (κ2) is 15.8. The van der Waals surface area contributed by atoms with Crippen molar-refractivity contribution < 1.29 is 22.0 Å². The highest BCUT2D eigenvalue weighted by Gasteiger charge is 2.28. The van der Waals surface area contributed by atoms with Gasteiger partial charge in [-0.15, -0.1) is 0 Å². The zero-order valence-corrected chi connectivity index (χ0v) is 19.7. The van der Waals surface area contributed by atoms with Gasteiger partial charge in [-0.25, -0.2) is 0 Å². The van der Waals surface area contributed by atoms with Gasteiger partial charge >= 0.3 is 0 Å². The van der Waals surface area contributed by atoms with E-state index in [1.165, 1.54) is 11.1 Å². The summed E-state index contributed by atoms with van der Waals surface area (Å²) in [6.07, 6.45) is 9.49. The van der Waals surface area contributed by atoms with Gasteiger partial charge in [0.2, 0.25) is 17.7 Å². The Balaban J connectivity index is 0. The highest BCUT2D eigenvalue weighted by molar-refractivity contribution is 5.89. The molecule has 1 saturated carbocycles. The molecule has 0 aromatic heterocycles. The lowest BCUT2D eigenvalue weighted by atomic mass is 9.81. The molecule has 34 heavy (non-hydrogen) atoms. The summed E-state index contributed by atoms with van der Waals surface area (Å²) in [6, 6.07) is 8.41. The van der Waals surface area contributed by atoms with Crippen molar-refractivity contribution in [2.45, 2.75) is 59.3 Å². The van der Waals surface area contributed by atoms with Crippen molar-refractivity contribution in [3.8, 4) is 0 Å². The Labute approximate surface area is 207 Å². The summed E-state index contributed by atoms with van der Waals surface area (Å²) in [5.74, 6) is 0.775. The molecule has 0 saturated heterocycles. The van der Waals surface area contributed by atoms with Crippen molar-refractivity contribution in [2.24, 2.45) is 11.8 Å². The van der Waals surface area contributed by atoms with Crippen LogP contribution in [0.5, 0.6) is 0 Å². The first-order chi connectivity index (χ1) is 16.0. The second-order valence-electron chi connectivity index (χ2n) is 8.84. The molecule has 7 nitrogen and oxygen atoms in total. The number of rotatable bonds is 10. The smallest absolute Gasteiger partial charge is 0.246 e. The lowest BCUT2D eigenvalue weighted by Gasteiger charge is -2.30. The van der Waals surface area contributed by atoms with E-state index in [9.17, 15) is 14.4 Å². The van der Waals surface area contributed by atoms with Gasteiger partial charge in [0.25, 0.3) is 0 Å². The number of hydrogen-bond acceptors (Lipinski definition) is 4. The number of hydrogen-bond donors (Lipinski definition) is 2. The number of nitrogens with one attached hydrogen (secondary N) is 2. The van der Waals surface area contributed by atoms with Crippen LogP contribution in [0.25, 0.3) is 0 Å². The first kappa shape index (κ1) is 29.1. The average molecular weight is 476 g/mol. The largest absolute Gasteiger partial charge is 0.354 e. The molecular formula is C27H45N3O4. The van der Waals surface area contributed by atoms with E-state index in [2.05, 4.69) is 41.8 Å². The summed E-state index contributed by atoms with van der Waals surface area (Å²) < 4.78 is 0. The van der Waals surface area contributed by atoms with Gasteiger partial charge in [-0.2, -0.15) is 0 Å². The van der Waals surface area contributed by atoms with Crippen LogP contribution in [0.4, 0.5) is 0 Å². The zero-order chi connectivity index (χ0) is 24.1. The summed E-state index contributed by atoms with van der Waals surface area (Å²) in [5.41, 5.74) is 2.50. The molecule has 1 fully saturated rings. The molecular weight excluding hydrogens is 430 g/mol. The molecule has 1 aromatic carbocycles. The fraction of sp³-hybridized carbons (Fsp3) is 0.556. The van der Waals surface area contributed by atoms with E-state index < -0.39 is 0 Å². The van der Waals surface area contributed by atoms with E-state index in [1.807, 2.05) is 17.8 Å². The third kappa shape index (κ3) is 9.89. The molecule has 1 aromatic rings. The lowest BCUT2D eigenvalue weighted by Crippen LogP contribution is -2.39. The van der Waals surface area contributed by atoms with Crippen molar-refractivity contribution in [1.29, 1.82) is 0 Å². The van der Waals surface area contributed by atoms with Crippen LogP contribution in [-0.2, 0) is 25.6 Å². The molecule has 3 amide bonds. The van der Waals surface area contributed by atoms with E-state index in [4.69, 9.17) is 4.79 Å². The summed E-state index contributed by atoms with van der Waals surface area (Å²) in [4.78, 5) is 46.0. The lowest BCUT2D eigenvalue weighted by molar-refractivity contribution is -0.128. The fourth-order valence-corrected chi connectivity index (χ4v) is 4.39. The highest BCUT2D eigenvalue weighted by Crippen LogP contribution is 2.29. The van der Waals surface area contributed by atoms with Gasteiger partial charge in [0, 0.05) is 47.4 Å². The van der Waals surface area contributed by atoms with Gasteiger partial charge in [0.15, 0.2) is 0 Å². The maximum atomic E-state index is 12.4. The number of benzene rings is 1. The highest BCUT2D eigenvalue weighted by atomic mass is 16.2. The summed E-state index contributed by atoms with van der Waals surface area (Å²) in [6.45, 7) is 6.52. The predicted octanol–water partition coefficient (Wildman–Crippen LogP) is 3.70. The molecule has 7 heteroatoms. The monoisotopic (exact) mass is 475 g/mol. The molecule has 192 valence electrons. The van der Waals surface area contributed by atoms with Crippen LogP contribution < -0.4 is 10.6 Å². The van der Waals surface area contributed by atoms with Crippen LogP contribution in [0.15, 0.2) is 36.4 Å². The molecule has 0 radical (unpaired) electrons. The minimum Gasteiger partial charge on any atom is -0.354 e. The van der Waals surface area contributed by atoms with Crippen LogP contribution in [-0.4, -0.2) is 55.6 Å². The van der Waals surface area contributed by atoms with Gasteiger partial charge in [-0.05, 0) is 56.9 Å². The Kier molecular flexibility index (Phi) is 13.5. The SMILES string of the molecule is C.C=O.Cc1ccc(CCCC(=O)NCCNC(=O)C2CCC(CN3CC=CC3=O)CC2)cc1.[HH].[HH]. The van der Waals surface area contributed by atoms with Crippen LogP contribution in [0.3, 0.4) is 0 Å². The number of aryl methyl sites for hydroxylation is 2. The zero-order valence-electron chi connectivity index (χ0n) is 19.7. The van der Waals surface area contributed by atoms with E-state index >= 15 is 0 Å². The quantitative estimate of drug-likeness (QED) is 0.505. The van der Waals surface area contributed by atoms with Crippen molar-refractivity contribution in [2.75, 3.05) is 26.2 Å². The summed E-state index contributed by atoms with van der Waals surface area (Å²) in [7, 11) is 0. The molecule has 3 rings (SSSR count). The fourth-order valence-electron chi connectivity index (χ4n) is 4.39. The molecule has 1 heterocycles. The molecule has 0 spiro atoms. The third-order valence-electron chi connectivity index (χ3n) is 6.33. The topological polar surface area (TPSA) is 95.6 Å². The standard InChI is InChI=1S/C25H35N3O3.CH2O.CH4.2H2/c1-19-7-9-20(10-8-19)4-2-5-23(29)26-15-16-27-25(31)22-13-11-21(12-14-22)18-28-17-3-6-24(28)30;1-2;;;/h3,6-10,21-22H,2,4-5,11-18H2,1H3,(H,26,29)(H,27,31);1H2;1H4;2*1H. The van der Waals surface area contributed by atoms with Gasteiger partial charge < -0.3 is 20.3 Å². The first-order valence-corrected chi connectivity index (χ1v) is 11.9. The molecule has 0 bridgehead atoms. The van der Waals surface area contributed by atoms with Crippen molar-refractivity contribution in [3.05, 3.63) is 47.5 Å². The van der Waals surface area contributed by atoms with E-state index in [0.29, 0.717) is 25.4 Å². The maximum absolute atomic E-state index is 12.4. The van der Waals surface area contributed by atoms with Crippen LogP contribution in [0, 0.1) is 18.8 Å². The molecule has 1 aliphatic heterocycles. The number of carbonyl (C=O) groups excluding carboxylic acids is 4. The minimum atomic E-state index is 0. The maximum Gasteiger partial charge on any atom is 0.246 e. The minimum absolute atomic E-state index is 0. The number of amides is 3. The van der Waals surface area contributed by atoms with Crippen LogP contribution in [0.1, 0.15) is 59.9 Å². The molecule has 0 unspecified atom stereocenters. The van der Waals surface area contributed by atoms with E-state index in [-0.39, 0.29) is 33.9 Å². The Morgan fingerprint density at radius 1 is 1.06 bits per heavy atom. The first-order valence-electron chi connectivity index (χ1n) is 11.9. The second-order valence-corrected chi connectivity index (χ2v) is 8.84. The average Bonchev–Trinajstić information content (AvgIpc) is 3.24. The van der Waals surface area contributed by atoms with Crippen LogP contribution >= 0.6 is 0 Å². The van der Waals surface area contributed by atoms with Gasteiger partial charge in [0.05, 0.1) is 0 Å². The Bertz CT molecular complexity index is 810. The van der Waals surface area contributed by atoms with Crippen molar-refractivity contribution in [3.63, 3.8) is 0 Å². The Hall–Kier alpha value is -2.96. The number of nitrogens with zero attached hydrogens (tertiary/aromatic N) is 1. The Morgan fingerprint density at radius 3 is 2.32 bits per heavy atom. The van der Waals surface area contributed by atoms with E-state index in [0.717, 1.165) is 51.6 Å². The molecule has 1 aliphatic carbocycles. The normalized spacial score (nSPS) is 19.0. The van der Waals surface area contributed by atoms with Gasteiger partial charge in [-0.3, -0.25) is 14.4 Å². The van der Waals surface area contributed by atoms with Gasteiger partial charge in [-0.1, -0.05) is 43.3 Å². The van der Waals surface area contributed by atoms with E-state index in [1.54, 1.807) is 6.08 Å². The number of carbonyl (C=O) groups is 4. The Morgan fingerprint density at radius 2 is 1.71 bits per heavy atom. The molecule has 2 aliphatic rings. The molecule has 2 N–H and O–H groups in total. The van der Waals surface area contributed by atoms with Crippen LogP contribution in [0.2, 0.25) is 0 Å². The van der Waals surface area contributed by atoms with Crippen molar-refractivity contribution in [1.82, 2.24) is 15.5 Å². The van der Waals surface area contributed by atoms with Gasteiger partial charge in [0.1, 0.15) is 6.79 Å². The molecule has 0 atom stereocenters. The third-order valence-corrected chi connectivity index (χ3v) is 6.33. The van der Waals surface area contributed by atoms with Crippen molar-refractivity contribution >= 4 is 24.5 Å². The summed E-state index contributed by atoms with van der Waals surface area (Å²) in [5, 5.41) is 5.85.